The minimum absolute atomic E-state index is 0. The molecule has 0 saturated carbocycles. The second-order valence-corrected chi connectivity index (χ2v) is 0.346. The van der Waals surface area contributed by atoms with E-state index in [0.29, 0.717) is 0 Å². The third kappa shape index (κ3) is 113. The van der Waals surface area contributed by atoms with Gasteiger partial charge in [0.1, 0.15) is 0 Å². The predicted octanol–water partition coefficient (Wildman–Crippen LogP) is -2.59. The summed E-state index contributed by atoms with van der Waals surface area (Å²) in [6.45, 7) is 0. The van der Waals surface area contributed by atoms with Crippen molar-refractivity contribution in [2.24, 2.45) is 0 Å². The van der Waals surface area contributed by atoms with Crippen molar-refractivity contribution >= 4 is 38.8 Å². The van der Waals surface area contributed by atoms with Crippen LogP contribution in [0.2, 0.25) is 0 Å². The molecule has 0 aliphatic rings. The molecule has 0 rings (SSSR count). The van der Waals surface area contributed by atoms with Crippen LogP contribution in [-0.2, 0) is 0 Å². The standard InChI is InChI=1S/BH3O3.B.Mg.2H/c2-1(3)4;;;;/h2-4H;;;;/q;;+2;2*-1. The Kier molecular flexibility index (Phi) is 24.4. The van der Waals surface area contributed by atoms with Gasteiger partial charge in [-0.1, -0.05) is 0 Å². The van der Waals surface area contributed by atoms with Gasteiger partial charge >= 0.3 is 30.4 Å². The maximum Gasteiger partial charge on any atom is 2.00 e. The smallest absolute Gasteiger partial charge is 1.00 e. The normalized spacial score (nSPS) is 4.50. The summed E-state index contributed by atoms with van der Waals surface area (Å²) in [6.07, 6.45) is 0. The van der Waals surface area contributed by atoms with Crippen LogP contribution >= 0.6 is 0 Å². The molecular weight excluding hydrogens is 93.9 g/mol. The molecule has 0 bridgehead atoms. The summed E-state index contributed by atoms with van der Waals surface area (Å²) in [5.74, 6) is 0. The van der Waals surface area contributed by atoms with Gasteiger partial charge < -0.3 is 17.9 Å². The van der Waals surface area contributed by atoms with Crippen LogP contribution < -0.4 is 0 Å². The van der Waals surface area contributed by atoms with Gasteiger partial charge in [0.2, 0.25) is 0 Å². The molecular formula is H5B2MgO3. The Bertz CT molecular complexity index is 20.0. The van der Waals surface area contributed by atoms with E-state index in [4.69, 9.17) is 15.1 Å². The van der Waals surface area contributed by atoms with Crippen molar-refractivity contribution in [3.05, 3.63) is 0 Å². The van der Waals surface area contributed by atoms with Crippen LogP contribution in [0, 0.1) is 0 Å². The minimum Gasteiger partial charge on any atom is -1.00 e. The average Bonchev–Trinajstić information content (AvgIpc) is 0.811. The maximum absolute atomic E-state index is 7.17. The van der Waals surface area contributed by atoms with Crippen LogP contribution in [0.1, 0.15) is 2.85 Å². The number of hydrogen-bond donors (Lipinski definition) is 3. The van der Waals surface area contributed by atoms with Gasteiger partial charge in [0.15, 0.2) is 0 Å². The van der Waals surface area contributed by atoms with E-state index >= 15 is 0 Å². The van der Waals surface area contributed by atoms with Gasteiger partial charge in [-0.2, -0.15) is 0 Å². The predicted molar refractivity (Wildman–Crippen MR) is 26.1 cm³/mol. The van der Waals surface area contributed by atoms with E-state index in [1.807, 2.05) is 0 Å². The fourth-order valence-electron chi connectivity index (χ4n) is 0. The summed E-state index contributed by atoms with van der Waals surface area (Å²) in [5, 5.41) is 21.5. The summed E-state index contributed by atoms with van der Waals surface area (Å²) < 4.78 is 0. The van der Waals surface area contributed by atoms with Gasteiger partial charge in [-0.05, 0) is 0 Å². The van der Waals surface area contributed by atoms with Crippen molar-refractivity contribution in [3.8, 4) is 0 Å². The first-order valence-electron chi connectivity index (χ1n) is 0.775. The van der Waals surface area contributed by atoms with Crippen LogP contribution in [0.3, 0.4) is 0 Å². The first-order chi connectivity index (χ1) is 1.73. The second kappa shape index (κ2) is 9.24. The summed E-state index contributed by atoms with van der Waals surface area (Å²) in [7, 11) is -2.17. The fraction of sp³-hybridized carbons (Fsp3) is 0. The van der Waals surface area contributed by atoms with E-state index in [-0.39, 0.29) is 34.3 Å². The van der Waals surface area contributed by atoms with Crippen LogP contribution in [0.15, 0.2) is 0 Å². The van der Waals surface area contributed by atoms with Gasteiger partial charge in [0, 0.05) is 8.41 Å². The number of rotatable bonds is 0. The molecule has 0 heterocycles. The van der Waals surface area contributed by atoms with Gasteiger partial charge in [0.05, 0.1) is 0 Å². The van der Waals surface area contributed by atoms with E-state index in [1.54, 1.807) is 0 Å². The number of hydrogen-bond acceptors (Lipinski definition) is 3. The zero-order valence-corrected chi connectivity index (χ0v) is 4.62. The molecule has 0 atom stereocenters. The van der Waals surface area contributed by atoms with E-state index in [9.17, 15) is 0 Å². The quantitative estimate of drug-likeness (QED) is 0.292. The van der Waals surface area contributed by atoms with Crippen molar-refractivity contribution in [2.45, 2.75) is 0 Å². The Labute approximate surface area is 57.2 Å². The van der Waals surface area contributed by atoms with Crippen molar-refractivity contribution in [3.63, 3.8) is 0 Å². The zero-order valence-electron chi connectivity index (χ0n) is 5.20. The molecule has 0 spiro atoms. The topological polar surface area (TPSA) is 60.7 Å². The van der Waals surface area contributed by atoms with Crippen LogP contribution in [0.4, 0.5) is 0 Å². The summed E-state index contributed by atoms with van der Waals surface area (Å²) in [4.78, 5) is 0. The van der Waals surface area contributed by atoms with Gasteiger partial charge in [0.25, 0.3) is 0 Å². The molecule has 0 amide bonds. The van der Waals surface area contributed by atoms with E-state index < -0.39 is 7.32 Å². The van der Waals surface area contributed by atoms with Crippen LogP contribution in [0.25, 0.3) is 0 Å². The SMILES string of the molecule is OB(O)O.[B].[H-].[H-].[Mg+2]. The molecule has 6 heteroatoms. The molecule has 3 radical (unpaired) electrons. The molecule has 0 fully saturated rings. The summed E-state index contributed by atoms with van der Waals surface area (Å²) >= 11 is 0. The Morgan fingerprint density at radius 2 is 1.17 bits per heavy atom. The molecule has 3 nitrogen and oxygen atoms in total. The summed E-state index contributed by atoms with van der Waals surface area (Å²) in [5.41, 5.74) is 0. The molecule has 0 aromatic heterocycles. The monoisotopic (exact) mass is 99.0 g/mol. The third-order valence-corrected chi connectivity index (χ3v) is 0. The molecule has 0 saturated heterocycles. The van der Waals surface area contributed by atoms with E-state index in [0.717, 1.165) is 0 Å². The van der Waals surface area contributed by atoms with Crippen molar-refractivity contribution < 1.29 is 17.9 Å². The maximum atomic E-state index is 7.17. The molecule has 0 aliphatic heterocycles. The molecule has 31 valence electrons. The minimum atomic E-state index is -2.17. The molecule has 3 N–H and O–H groups in total. The summed E-state index contributed by atoms with van der Waals surface area (Å²) in [6, 6.07) is 0. The van der Waals surface area contributed by atoms with Crippen molar-refractivity contribution in [1.82, 2.24) is 0 Å². The van der Waals surface area contributed by atoms with Crippen molar-refractivity contribution in [1.29, 1.82) is 0 Å². The molecule has 0 aliphatic carbocycles. The first kappa shape index (κ1) is 15.9. The molecule has 6 heavy (non-hydrogen) atoms. The Hall–Kier alpha value is 0.776. The largest absolute Gasteiger partial charge is 2.00 e. The first-order valence-corrected chi connectivity index (χ1v) is 0.775. The molecule has 0 aromatic rings. The fourth-order valence-corrected chi connectivity index (χ4v) is 0. The molecule has 0 unspecified atom stereocenters. The van der Waals surface area contributed by atoms with Gasteiger partial charge in [-0.25, -0.2) is 0 Å². The Morgan fingerprint density at radius 1 is 1.17 bits per heavy atom. The van der Waals surface area contributed by atoms with E-state index in [1.165, 1.54) is 0 Å². The third-order valence-electron chi connectivity index (χ3n) is 0. The second-order valence-electron chi connectivity index (χ2n) is 0.346. The van der Waals surface area contributed by atoms with Gasteiger partial charge in [-0.3, -0.25) is 0 Å². The van der Waals surface area contributed by atoms with Crippen LogP contribution in [0.5, 0.6) is 0 Å². The Morgan fingerprint density at radius 3 is 1.17 bits per heavy atom. The average molecular weight is 99.0 g/mol. The Balaban J connectivity index is -0.00000000750. The van der Waals surface area contributed by atoms with Crippen molar-refractivity contribution in [2.75, 3.05) is 0 Å². The van der Waals surface area contributed by atoms with E-state index in [2.05, 4.69) is 0 Å². The molecule has 0 aromatic carbocycles. The van der Waals surface area contributed by atoms with Gasteiger partial charge in [-0.15, -0.1) is 0 Å². The van der Waals surface area contributed by atoms with Crippen LogP contribution in [-0.4, -0.2) is 53.9 Å². The zero-order chi connectivity index (χ0) is 3.58.